The van der Waals surface area contributed by atoms with Gasteiger partial charge in [-0.1, -0.05) is 50.3 Å². The highest BCUT2D eigenvalue weighted by atomic mass is 16.4. The minimum absolute atomic E-state index is 0.135. The van der Waals surface area contributed by atoms with Crippen molar-refractivity contribution in [1.82, 2.24) is 14.7 Å². The fraction of sp³-hybridized carbons (Fsp3) is 0.400. The molecule has 1 N–H and O–H groups in total. The Hall–Kier alpha value is -2.40. The lowest BCUT2D eigenvalue weighted by Gasteiger charge is -2.28. The summed E-state index contributed by atoms with van der Waals surface area (Å²) in [6, 6.07) is 12.2. The van der Waals surface area contributed by atoms with Crippen molar-refractivity contribution < 1.29 is 9.90 Å². The van der Waals surface area contributed by atoms with Crippen LogP contribution in [0.2, 0.25) is 0 Å². The molecule has 5 heteroatoms. The summed E-state index contributed by atoms with van der Waals surface area (Å²) in [5.74, 6) is -0.338. The molecule has 1 aliphatic rings. The van der Waals surface area contributed by atoms with Crippen molar-refractivity contribution in [3.8, 4) is 0 Å². The van der Waals surface area contributed by atoms with Crippen LogP contribution in [0, 0.1) is 5.92 Å². The van der Waals surface area contributed by atoms with Gasteiger partial charge in [0.1, 0.15) is 0 Å². The number of fused-ring (bicyclic) bond motifs is 1. The maximum atomic E-state index is 11.1. The van der Waals surface area contributed by atoms with Crippen LogP contribution < -0.4 is 0 Å². The molecule has 3 rings (SSSR count). The van der Waals surface area contributed by atoms with Gasteiger partial charge in [-0.2, -0.15) is 5.10 Å². The first-order valence-corrected chi connectivity index (χ1v) is 8.79. The van der Waals surface area contributed by atoms with Gasteiger partial charge in [-0.05, 0) is 29.5 Å². The van der Waals surface area contributed by atoms with E-state index in [0.29, 0.717) is 5.92 Å². The van der Waals surface area contributed by atoms with Crippen molar-refractivity contribution in [2.45, 2.75) is 33.4 Å². The molecular formula is C20H25N3O2. The Morgan fingerprint density at radius 3 is 2.72 bits per heavy atom. The molecular weight excluding hydrogens is 314 g/mol. The Labute approximate surface area is 148 Å². The molecule has 1 aromatic carbocycles. The van der Waals surface area contributed by atoms with Crippen LogP contribution in [-0.2, 0) is 13.1 Å². The first-order valence-electron chi connectivity index (χ1n) is 8.79. The highest BCUT2D eigenvalue weighted by molar-refractivity contribution is 5.85. The fourth-order valence-corrected chi connectivity index (χ4v) is 3.10. The zero-order valence-electron chi connectivity index (χ0n) is 14.9. The third-order valence-corrected chi connectivity index (χ3v) is 4.47. The zero-order chi connectivity index (χ0) is 17.8. The van der Waals surface area contributed by atoms with Gasteiger partial charge >= 0.3 is 5.97 Å². The number of carbonyl (C=O) groups is 1. The molecule has 0 radical (unpaired) electrons. The van der Waals surface area contributed by atoms with Crippen LogP contribution >= 0.6 is 0 Å². The van der Waals surface area contributed by atoms with E-state index >= 15 is 0 Å². The topological polar surface area (TPSA) is 58.4 Å². The summed E-state index contributed by atoms with van der Waals surface area (Å²) in [5.41, 5.74) is 3.70. The van der Waals surface area contributed by atoms with Crippen LogP contribution in [-0.4, -0.2) is 38.8 Å². The van der Waals surface area contributed by atoms with Crippen molar-refractivity contribution >= 4 is 11.5 Å². The molecule has 0 spiro atoms. The Balaban J connectivity index is 1.76. The number of nitrogens with zero attached hydrogens (tertiary/aromatic N) is 3. The largest absolute Gasteiger partial charge is 0.476 e. The molecule has 2 aromatic rings. The Morgan fingerprint density at radius 1 is 1.28 bits per heavy atom. The van der Waals surface area contributed by atoms with Crippen LogP contribution in [0.25, 0.3) is 5.57 Å². The number of allylic oxidation sites excluding steroid dienone is 1. The quantitative estimate of drug-likeness (QED) is 0.875. The summed E-state index contributed by atoms with van der Waals surface area (Å²) in [5, 5.41) is 13.3. The molecule has 0 fully saturated rings. The predicted octanol–water partition coefficient (Wildman–Crippen LogP) is 3.53. The van der Waals surface area contributed by atoms with Gasteiger partial charge in [-0.15, -0.1) is 0 Å². The SMILES string of the molecule is CC(C)C/C=C(\CN1CCn2nc(C(=O)O)cc2C1)c1ccccc1. The van der Waals surface area contributed by atoms with Crippen LogP contribution in [0.3, 0.4) is 0 Å². The van der Waals surface area contributed by atoms with E-state index in [0.717, 1.165) is 38.3 Å². The Bertz CT molecular complexity index is 763. The van der Waals surface area contributed by atoms with Gasteiger partial charge in [-0.3, -0.25) is 9.58 Å². The van der Waals surface area contributed by atoms with Gasteiger partial charge in [0.2, 0.25) is 0 Å². The Morgan fingerprint density at radius 2 is 2.04 bits per heavy atom. The Kier molecular flexibility index (Phi) is 5.34. The van der Waals surface area contributed by atoms with Crippen molar-refractivity contribution in [3.63, 3.8) is 0 Å². The first kappa shape index (κ1) is 17.4. The number of carboxylic acid groups (broad SMARTS) is 1. The van der Waals surface area contributed by atoms with Gasteiger partial charge in [0.15, 0.2) is 5.69 Å². The van der Waals surface area contributed by atoms with E-state index in [1.807, 2.05) is 10.7 Å². The molecule has 2 heterocycles. The second-order valence-electron chi connectivity index (χ2n) is 6.98. The minimum Gasteiger partial charge on any atom is -0.476 e. The van der Waals surface area contributed by atoms with Gasteiger partial charge < -0.3 is 5.11 Å². The molecule has 25 heavy (non-hydrogen) atoms. The number of hydrogen-bond donors (Lipinski definition) is 1. The van der Waals surface area contributed by atoms with Crippen molar-refractivity contribution in [3.05, 3.63) is 59.4 Å². The number of hydrogen-bond acceptors (Lipinski definition) is 3. The van der Waals surface area contributed by atoms with Crippen molar-refractivity contribution in [1.29, 1.82) is 0 Å². The van der Waals surface area contributed by atoms with Gasteiger partial charge in [0.05, 0.1) is 12.2 Å². The number of benzene rings is 1. The number of carboxylic acids is 1. The summed E-state index contributed by atoms with van der Waals surface area (Å²) in [6.07, 6.45) is 3.40. The van der Waals surface area contributed by atoms with Gasteiger partial charge in [0, 0.05) is 19.6 Å². The molecule has 0 bridgehead atoms. The molecule has 0 atom stereocenters. The zero-order valence-corrected chi connectivity index (χ0v) is 14.9. The molecule has 0 saturated heterocycles. The van der Waals surface area contributed by atoms with Crippen molar-refractivity contribution in [2.75, 3.05) is 13.1 Å². The molecule has 0 saturated carbocycles. The molecule has 132 valence electrons. The molecule has 5 nitrogen and oxygen atoms in total. The standard InChI is InChI=1S/C20H25N3O2/c1-15(2)8-9-17(16-6-4-3-5-7-16)13-22-10-11-23-18(14-22)12-19(21-23)20(24)25/h3-7,9,12,15H,8,10-11,13-14H2,1-2H3,(H,24,25)/b17-9+. The summed E-state index contributed by atoms with van der Waals surface area (Å²) in [6.45, 7) is 7.66. The third kappa shape index (κ3) is 4.37. The van der Waals surface area contributed by atoms with Crippen LogP contribution in [0.15, 0.2) is 42.5 Å². The number of aromatic carboxylic acids is 1. The molecule has 0 amide bonds. The summed E-state index contributed by atoms with van der Waals surface area (Å²) in [7, 11) is 0. The fourth-order valence-electron chi connectivity index (χ4n) is 3.10. The van der Waals surface area contributed by atoms with E-state index in [9.17, 15) is 4.79 Å². The van der Waals surface area contributed by atoms with Gasteiger partial charge in [0.25, 0.3) is 0 Å². The highest BCUT2D eigenvalue weighted by Gasteiger charge is 2.21. The van der Waals surface area contributed by atoms with E-state index in [2.05, 4.69) is 54.2 Å². The second-order valence-corrected chi connectivity index (χ2v) is 6.98. The van der Waals surface area contributed by atoms with Crippen LogP contribution in [0.5, 0.6) is 0 Å². The molecule has 1 aromatic heterocycles. The number of aromatic nitrogens is 2. The van der Waals surface area contributed by atoms with Crippen LogP contribution in [0.4, 0.5) is 0 Å². The molecule has 1 aliphatic heterocycles. The lowest BCUT2D eigenvalue weighted by molar-refractivity contribution is 0.0689. The average Bonchev–Trinajstić information content (AvgIpc) is 3.03. The minimum atomic E-state index is -0.963. The van der Waals surface area contributed by atoms with E-state index < -0.39 is 5.97 Å². The lowest BCUT2D eigenvalue weighted by Crippen LogP contribution is -2.35. The average molecular weight is 339 g/mol. The maximum Gasteiger partial charge on any atom is 0.356 e. The smallest absolute Gasteiger partial charge is 0.356 e. The van der Waals surface area contributed by atoms with E-state index in [-0.39, 0.29) is 5.69 Å². The third-order valence-electron chi connectivity index (χ3n) is 4.47. The normalized spacial score (nSPS) is 15.4. The second kappa shape index (κ2) is 7.66. The highest BCUT2D eigenvalue weighted by Crippen LogP contribution is 2.21. The molecule has 0 aliphatic carbocycles. The van der Waals surface area contributed by atoms with E-state index in [1.165, 1.54) is 11.1 Å². The maximum absolute atomic E-state index is 11.1. The predicted molar refractivity (Wildman–Crippen MR) is 98.3 cm³/mol. The monoisotopic (exact) mass is 339 g/mol. The summed E-state index contributed by atoms with van der Waals surface area (Å²) >= 11 is 0. The lowest BCUT2D eigenvalue weighted by atomic mass is 10.0. The summed E-state index contributed by atoms with van der Waals surface area (Å²) in [4.78, 5) is 13.5. The summed E-state index contributed by atoms with van der Waals surface area (Å²) < 4.78 is 1.82. The van der Waals surface area contributed by atoms with Crippen molar-refractivity contribution in [2.24, 2.45) is 5.92 Å². The van der Waals surface area contributed by atoms with Gasteiger partial charge in [-0.25, -0.2) is 4.79 Å². The number of rotatable bonds is 6. The van der Waals surface area contributed by atoms with E-state index in [1.54, 1.807) is 6.07 Å². The molecule has 0 unspecified atom stereocenters. The first-order chi connectivity index (χ1) is 12.0. The van der Waals surface area contributed by atoms with Crippen LogP contribution in [0.1, 0.15) is 42.0 Å². The van der Waals surface area contributed by atoms with E-state index in [4.69, 9.17) is 5.11 Å².